The Morgan fingerprint density at radius 3 is 2.47 bits per heavy atom. The van der Waals surface area contributed by atoms with Crippen LogP contribution in [0.3, 0.4) is 0 Å². The Labute approximate surface area is 113 Å². The van der Waals surface area contributed by atoms with Gasteiger partial charge >= 0.3 is 0 Å². The number of hydrogen-bond donors (Lipinski definition) is 3. The number of aryl methyl sites for hydroxylation is 1. The summed E-state index contributed by atoms with van der Waals surface area (Å²) in [6.45, 7) is 1.73. The van der Waals surface area contributed by atoms with Gasteiger partial charge in [-0.3, -0.25) is 9.59 Å². The molecule has 0 saturated heterocycles. The van der Waals surface area contributed by atoms with Gasteiger partial charge in [0.25, 0.3) is 0 Å². The minimum absolute atomic E-state index is 0.122. The summed E-state index contributed by atoms with van der Waals surface area (Å²) < 4.78 is 0. The highest BCUT2D eigenvalue weighted by Crippen LogP contribution is 2.04. The van der Waals surface area contributed by atoms with E-state index in [0.29, 0.717) is 6.42 Å². The Morgan fingerprint density at radius 1 is 1.26 bits per heavy atom. The normalized spacial score (nSPS) is 13.6. The average Bonchev–Trinajstić information content (AvgIpc) is 2.36. The highest BCUT2D eigenvalue weighted by atomic mass is 16.2. The van der Waals surface area contributed by atoms with Crippen molar-refractivity contribution in [2.45, 2.75) is 38.3 Å². The van der Waals surface area contributed by atoms with Crippen LogP contribution in [-0.4, -0.2) is 23.9 Å². The van der Waals surface area contributed by atoms with Gasteiger partial charge in [-0.1, -0.05) is 30.3 Å². The molecule has 0 saturated carbocycles. The van der Waals surface area contributed by atoms with Crippen molar-refractivity contribution in [2.75, 3.05) is 0 Å². The predicted octanol–water partition coefficient (Wildman–Crippen LogP) is 0.327. The van der Waals surface area contributed by atoms with Gasteiger partial charge in [0.05, 0.1) is 6.04 Å². The molecule has 0 aliphatic carbocycles. The molecule has 0 aromatic heterocycles. The quantitative estimate of drug-likeness (QED) is 0.661. The van der Waals surface area contributed by atoms with E-state index < -0.39 is 11.9 Å². The van der Waals surface area contributed by atoms with Crippen LogP contribution in [0.25, 0.3) is 0 Å². The maximum atomic E-state index is 11.8. The third-order valence-electron chi connectivity index (χ3n) is 2.82. The number of benzene rings is 1. The van der Waals surface area contributed by atoms with Crippen molar-refractivity contribution in [3.63, 3.8) is 0 Å². The fourth-order valence-electron chi connectivity index (χ4n) is 1.80. The molecular weight excluding hydrogens is 242 g/mol. The van der Waals surface area contributed by atoms with Crippen molar-refractivity contribution in [1.82, 2.24) is 5.32 Å². The van der Waals surface area contributed by atoms with E-state index in [0.717, 1.165) is 12.0 Å². The number of primary amides is 1. The van der Waals surface area contributed by atoms with Gasteiger partial charge in [-0.25, -0.2) is 0 Å². The molecule has 1 rings (SSSR count). The lowest BCUT2D eigenvalue weighted by atomic mass is 10.0. The second-order valence-corrected chi connectivity index (χ2v) is 4.71. The van der Waals surface area contributed by atoms with Gasteiger partial charge in [0.1, 0.15) is 0 Å². The summed E-state index contributed by atoms with van der Waals surface area (Å²) >= 11 is 0. The maximum absolute atomic E-state index is 11.8. The molecule has 0 aliphatic heterocycles. The summed E-state index contributed by atoms with van der Waals surface area (Å²) in [4.78, 5) is 22.5. The van der Waals surface area contributed by atoms with E-state index in [2.05, 4.69) is 5.32 Å². The van der Waals surface area contributed by atoms with Gasteiger partial charge in [-0.05, 0) is 25.3 Å². The number of amides is 2. The van der Waals surface area contributed by atoms with Crippen LogP contribution in [0.5, 0.6) is 0 Å². The van der Waals surface area contributed by atoms with E-state index in [9.17, 15) is 9.59 Å². The molecule has 5 nitrogen and oxygen atoms in total. The highest BCUT2D eigenvalue weighted by molar-refractivity contribution is 5.82. The highest BCUT2D eigenvalue weighted by Gasteiger charge is 2.16. The molecule has 0 fully saturated rings. The lowest BCUT2D eigenvalue weighted by Crippen LogP contribution is -2.45. The van der Waals surface area contributed by atoms with E-state index in [4.69, 9.17) is 11.5 Å². The van der Waals surface area contributed by atoms with Gasteiger partial charge in [-0.2, -0.15) is 0 Å². The minimum Gasteiger partial charge on any atom is -0.370 e. The molecule has 2 unspecified atom stereocenters. The SMILES string of the molecule is CC(CC(N)=O)NC(=O)C(N)CCc1ccccc1. The van der Waals surface area contributed by atoms with Crippen molar-refractivity contribution in [1.29, 1.82) is 0 Å². The van der Waals surface area contributed by atoms with Crippen molar-refractivity contribution < 1.29 is 9.59 Å². The number of nitrogens with one attached hydrogen (secondary N) is 1. The van der Waals surface area contributed by atoms with Crippen LogP contribution in [0.4, 0.5) is 0 Å². The molecule has 0 bridgehead atoms. The molecule has 5 heteroatoms. The van der Waals surface area contributed by atoms with Crippen LogP contribution in [0.15, 0.2) is 30.3 Å². The fraction of sp³-hybridized carbons (Fsp3) is 0.429. The number of carbonyl (C=O) groups excluding carboxylic acids is 2. The monoisotopic (exact) mass is 263 g/mol. The summed E-state index contributed by atoms with van der Waals surface area (Å²) in [5.74, 6) is -0.685. The number of rotatable bonds is 7. The van der Waals surface area contributed by atoms with Gasteiger partial charge in [0.2, 0.25) is 11.8 Å². The molecule has 1 aromatic rings. The van der Waals surface area contributed by atoms with E-state index in [-0.39, 0.29) is 18.4 Å². The first kappa shape index (κ1) is 15.2. The Bertz CT molecular complexity index is 420. The number of carbonyl (C=O) groups is 2. The Morgan fingerprint density at radius 2 is 1.89 bits per heavy atom. The van der Waals surface area contributed by atoms with E-state index >= 15 is 0 Å². The molecule has 0 radical (unpaired) electrons. The molecule has 2 atom stereocenters. The van der Waals surface area contributed by atoms with Crippen LogP contribution < -0.4 is 16.8 Å². The third kappa shape index (κ3) is 6.01. The van der Waals surface area contributed by atoms with Crippen LogP contribution >= 0.6 is 0 Å². The molecule has 19 heavy (non-hydrogen) atoms. The second-order valence-electron chi connectivity index (χ2n) is 4.71. The number of nitrogens with two attached hydrogens (primary N) is 2. The molecule has 2 amide bonds. The Balaban J connectivity index is 2.34. The van der Waals surface area contributed by atoms with Crippen LogP contribution in [0, 0.1) is 0 Å². The Hall–Kier alpha value is -1.88. The summed E-state index contributed by atoms with van der Waals surface area (Å²) in [7, 11) is 0. The lowest BCUT2D eigenvalue weighted by molar-refractivity contribution is -0.123. The first-order chi connectivity index (χ1) is 8.99. The van der Waals surface area contributed by atoms with E-state index in [1.54, 1.807) is 6.92 Å². The summed E-state index contributed by atoms with van der Waals surface area (Å²) in [5, 5.41) is 2.68. The van der Waals surface area contributed by atoms with Crippen LogP contribution in [-0.2, 0) is 16.0 Å². The van der Waals surface area contributed by atoms with Gasteiger partial charge in [0, 0.05) is 12.5 Å². The molecule has 0 heterocycles. The minimum atomic E-state index is -0.574. The first-order valence-corrected chi connectivity index (χ1v) is 6.37. The zero-order valence-corrected chi connectivity index (χ0v) is 11.1. The smallest absolute Gasteiger partial charge is 0.237 e. The molecule has 0 aliphatic rings. The molecular formula is C14H21N3O2. The zero-order valence-electron chi connectivity index (χ0n) is 11.1. The molecule has 0 spiro atoms. The Kier molecular flexibility index (Phi) is 6.02. The lowest BCUT2D eigenvalue weighted by Gasteiger charge is -2.16. The van der Waals surface area contributed by atoms with E-state index in [1.807, 2.05) is 30.3 Å². The summed E-state index contributed by atoms with van der Waals surface area (Å²) in [6.07, 6.45) is 1.44. The number of hydrogen-bond acceptors (Lipinski definition) is 3. The van der Waals surface area contributed by atoms with Crippen LogP contribution in [0.2, 0.25) is 0 Å². The van der Waals surface area contributed by atoms with Crippen LogP contribution in [0.1, 0.15) is 25.3 Å². The maximum Gasteiger partial charge on any atom is 0.237 e. The standard InChI is InChI=1S/C14H21N3O2/c1-10(9-13(16)18)17-14(19)12(15)8-7-11-5-3-2-4-6-11/h2-6,10,12H,7-9,15H2,1H3,(H2,16,18)(H,17,19). The average molecular weight is 263 g/mol. The van der Waals surface area contributed by atoms with Crippen molar-refractivity contribution in [3.05, 3.63) is 35.9 Å². The van der Waals surface area contributed by atoms with Crippen molar-refractivity contribution in [3.8, 4) is 0 Å². The third-order valence-corrected chi connectivity index (χ3v) is 2.82. The first-order valence-electron chi connectivity index (χ1n) is 6.37. The van der Waals surface area contributed by atoms with Gasteiger partial charge in [0.15, 0.2) is 0 Å². The van der Waals surface area contributed by atoms with E-state index in [1.165, 1.54) is 0 Å². The largest absolute Gasteiger partial charge is 0.370 e. The molecule has 1 aromatic carbocycles. The zero-order chi connectivity index (χ0) is 14.3. The predicted molar refractivity (Wildman–Crippen MR) is 74.2 cm³/mol. The second kappa shape index (κ2) is 7.53. The summed E-state index contributed by atoms with van der Waals surface area (Å²) in [6, 6.07) is 9.00. The molecule has 104 valence electrons. The van der Waals surface area contributed by atoms with Gasteiger partial charge < -0.3 is 16.8 Å². The molecule has 5 N–H and O–H groups in total. The van der Waals surface area contributed by atoms with Crippen molar-refractivity contribution >= 4 is 11.8 Å². The van der Waals surface area contributed by atoms with Crippen molar-refractivity contribution in [2.24, 2.45) is 11.5 Å². The van der Waals surface area contributed by atoms with Gasteiger partial charge in [-0.15, -0.1) is 0 Å². The summed E-state index contributed by atoms with van der Waals surface area (Å²) in [5.41, 5.74) is 12.0. The fourth-order valence-corrected chi connectivity index (χ4v) is 1.80. The topological polar surface area (TPSA) is 98.2 Å².